The first-order valence-electron chi connectivity index (χ1n) is 6.83. The molecule has 0 N–H and O–H groups in total. The van der Waals surface area contributed by atoms with Gasteiger partial charge in [0.05, 0.1) is 6.61 Å². The maximum Gasteiger partial charge on any atom is 0.182 e. The Morgan fingerprint density at radius 1 is 1.22 bits per heavy atom. The second kappa shape index (κ2) is 6.43. The SMILES string of the molecule is CCOc1ccc(/C=[N+](\[O-])C2CCCCC2)cc1. The zero-order chi connectivity index (χ0) is 12.8. The zero-order valence-electron chi connectivity index (χ0n) is 11.0. The summed E-state index contributed by atoms with van der Waals surface area (Å²) in [6.45, 7) is 2.63. The van der Waals surface area contributed by atoms with Gasteiger partial charge < -0.3 is 9.94 Å². The highest BCUT2D eigenvalue weighted by Crippen LogP contribution is 2.20. The Morgan fingerprint density at radius 3 is 2.50 bits per heavy atom. The summed E-state index contributed by atoms with van der Waals surface area (Å²) < 4.78 is 6.51. The zero-order valence-corrected chi connectivity index (χ0v) is 11.0. The van der Waals surface area contributed by atoms with Gasteiger partial charge in [0.1, 0.15) is 5.75 Å². The summed E-state index contributed by atoms with van der Waals surface area (Å²) in [4.78, 5) is 0. The van der Waals surface area contributed by atoms with Crippen LogP contribution in [0.1, 0.15) is 44.6 Å². The molecule has 98 valence electrons. The van der Waals surface area contributed by atoms with Gasteiger partial charge in [-0.1, -0.05) is 6.42 Å². The van der Waals surface area contributed by atoms with Gasteiger partial charge in [-0.2, -0.15) is 0 Å². The van der Waals surface area contributed by atoms with E-state index < -0.39 is 0 Å². The predicted octanol–water partition coefficient (Wildman–Crippen LogP) is 3.35. The first kappa shape index (κ1) is 12.9. The molecule has 2 rings (SSSR count). The van der Waals surface area contributed by atoms with E-state index in [0.717, 1.165) is 28.9 Å². The van der Waals surface area contributed by atoms with E-state index in [1.54, 1.807) is 6.21 Å². The minimum Gasteiger partial charge on any atom is -0.624 e. The van der Waals surface area contributed by atoms with Crippen LogP contribution in [0.5, 0.6) is 5.75 Å². The molecule has 0 heterocycles. The van der Waals surface area contributed by atoms with E-state index >= 15 is 0 Å². The molecule has 0 atom stereocenters. The summed E-state index contributed by atoms with van der Waals surface area (Å²) in [5, 5.41) is 12.0. The van der Waals surface area contributed by atoms with Crippen molar-refractivity contribution in [1.82, 2.24) is 0 Å². The van der Waals surface area contributed by atoms with E-state index in [0.29, 0.717) is 6.61 Å². The van der Waals surface area contributed by atoms with E-state index in [-0.39, 0.29) is 6.04 Å². The monoisotopic (exact) mass is 247 g/mol. The largest absolute Gasteiger partial charge is 0.624 e. The van der Waals surface area contributed by atoms with Gasteiger partial charge >= 0.3 is 0 Å². The van der Waals surface area contributed by atoms with Gasteiger partial charge in [0.15, 0.2) is 12.3 Å². The van der Waals surface area contributed by atoms with Crippen LogP contribution in [0.25, 0.3) is 0 Å². The van der Waals surface area contributed by atoms with E-state index in [9.17, 15) is 5.21 Å². The molecule has 1 saturated carbocycles. The number of hydrogen-bond donors (Lipinski definition) is 0. The van der Waals surface area contributed by atoms with Crippen molar-refractivity contribution >= 4 is 6.21 Å². The molecule has 0 aromatic heterocycles. The van der Waals surface area contributed by atoms with E-state index in [1.807, 2.05) is 31.2 Å². The van der Waals surface area contributed by atoms with Crippen molar-refractivity contribution in [3.63, 3.8) is 0 Å². The highest BCUT2D eigenvalue weighted by Gasteiger charge is 2.19. The maximum absolute atomic E-state index is 12.0. The molecule has 0 spiro atoms. The average molecular weight is 247 g/mol. The molecule has 1 aliphatic carbocycles. The molecule has 1 aromatic rings. The molecular weight excluding hydrogens is 226 g/mol. The van der Waals surface area contributed by atoms with Crippen molar-refractivity contribution < 1.29 is 9.48 Å². The highest BCUT2D eigenvalue weighted by molar-refractivity contribution is 5.75. The Balaban J connectivity index is 2.01. The molecule has 1 aromatic carbocycles. The first-order valence-corrected chi connectivity index (χ1v) is 6.83. The van der Waals surface area contributed by atoms with Crippen LogP contribution in [0, 0.1) is 5.21 Å². The van der Waals surface area contributed by atoms with Crippen molar-refractivity contribution in [1.29, 1.82) is 0 Å². The van der Waals surface area contributed by atoms with Crippen LogP contribution in [0.2, 0.25) is 0 Å². The summed E-state index contributed by atoms with van der Waals surface area (Å²) in [7, 11) is 0. The molecule has 18 heavy (non-hydrogen) atoms. The summed E-state index contributed by atoms with van der Waals surface area (Å²) in [5.74, 6) is 0.852. The number of benzene rings is 1. The fourth-order valence-corrected chi connectivity index (χ4v) is 2.40. The molecule has 3 heteroatoms. The number of nitrogens with zero attached hydrogens (tertiary/aromatic N) is 1. The molecular formula is C15H21NO2. The molecule has 0 saturated heterocycles. The number of hydrogen-bond acceptors (Lipinski definition) is 2. The van der Waals surface area contributed by atoms with Crippen LogP contribution in [0.4, 0.5) is 0 Å². The summed E-state index contributed by atoms with van der Waals surface area (Å²) >= 11 is 0. The normalized spacial score (nSPS) is 17.7. The molecule has 0 aliphatic heterocycles. The lowest BCUT2D eigenvalue weighted by Gasteiger charge is -2.20. The fourth-order valence-electron chi connectivity index (χ4n) is 2.40. The van der Waals surface area contributed by atoms with Crippen molar-refractivity contribution in [3.05, 3.63) is 35.0 Å². The number of rotatable bonds is 4. The average Bonchev–Trinajstić information content (AvgIpc) is 2.42. The third-order valence-electron chi connectivity index (χ3n) is 3.40. The molecule has 0 amide bonds. The minimum absolute atomic E-state index is 0.172. The van der Waals surface area contributed by atoms with Crippen molar-refractivity contribution in [2.24, 2.45) is 0 Å². The molecule has 0 bridgehead atoms. The smallest absolute Gasteiger partial charge is 0.182 e. The summed E-state index contributed by atoms with van der Waals surface area (Å²) in [6.07, 6.45) is 7.38. The molecule has 1 fully saturated rings. The van der Waals surface area contributed by atoms with Gasteiger partial charge in [-0.25, -0.2) is 4.74 Å². The number of hydroxylamine groups is 1. The fraction of sp³-hybridized carbons (Fsp3) is 0.533. The van der Waals surface area contributed by atoms with Gasteiger partial charge in [0, 0.05) is 18.4 Å². The Bertz CT molecular complexity index is 391. The number of ether oxygens (including phenoxy) is 1. The van der Waals surface area contributed by atoms with Crippen LogP contribution < -0.4 is 4.74 Å². The molecule has 0 radical (unpaired) electrons. The van der Waals surface area contributed by atoms with Crippen molar-refractivity contribution in [2.75, 3.05) is 6.61 Å². The standard InChI is InChI=1S/C15H21NO2/c1-2-18-15-10-8-13(9-11-15)12-16(17)14-6-4-3-5-7-14/h8-12,14H,2-7H2,1H3/b16-12-. The lowest BCUT2D eigenvalue weighted by Crippen LogP contribution is -2.25. The summed E-state index contributed by atoms with van der Waals surface area (Å²) in [6, 6.07) is 7.84. The predicted molar refractivity (Wildman–Crippen MR) is 73.3 cm³/mol. The molecule has 3 nitrogen and oxygen atoms in total. The van der Waals surface area contributed by atoms with Gasteiger partial charge in [-0.3, -0.25) is 0 Å². The van der Waals surface area contributed by atoms with Crippen molar-refractivity contribution in [3.8, 4) is 5.75 Å². The van der Waals surface area contributed by atoms with Crippen LogP contribution in [0.15, 0.2) is 24.3 Å². The molecule has 1 aliphatic rings. The topological polar surface area (TPSA) is 35.3 Å². The van der Waals surface area contributed by atoms with Crippen LogP contribution >= 0.6 is 0 Å². The second-order valence-corrected chi connectivity index (χ2v) is 4.78. The second-order valence-electron chi connectivity index (χ2n) is 4.78. The lowest BCUT2D eigenvalue weighted by molar-refractivity contribution is -0.500. The van der Waals surface area contributed by atoms with Gasteiger partial charge in [-0.15, -0.1) is 0 Å². The van der Waals surface area contributed by atoms with Gasteiger partial charge in [-0.05, 0) is 44.0 Å². The Hall–Kier alpha value is -1.51. The van der Waals surface area contributed by atoms with E-state index in [1.165, 1.54) is 19.3 Å². The third-order valence-corrected chi connectivity index (χ3v) is 3.40. The molecule has 0 unspecified atom stereocenters. The lowest BCUT2D eigenvalue weighted by atomic mass is 9.96. The van der Waals surface area contributed by atoms with Gasteiger partial charge in [0.2, 0.25) is 0 Å². The quantitative estimate of drug-likeness (QED) is 0.354. The maximum atomic E-state index is 12.0. The Labute approximate surface area is 109 Å². The summed E-state index contributed by atoms with van der Waals surface area (Å²) in [5.41, 5.74) is 0.944. The van der Waals surface area contributed by atoms with Crippen LogP contribution in [-0.4, -0.2) is 23.6 Å². The Morgan fingerprint density at radius 2 is 1.89 bits per heavy atom. The van der Waals surface area contributed by atoms with E-state index in [2.05, 4.69) is 0 Å². The highest BCUT2D eigenvalue weighted by atomic mass is 16.5. The van der Waals surface area contributed by atoms with Crippen LogP contribution in [0.3, 0.4) is 0 Å². The van der Waals surface area contributed by atoms with E-state index in [4.69, 9.17) is 4.74 Å². The Kier molecular flexibility index (Phi) is 4.62. The first-order chi connectivity index (χ1) is 8.79. The van der Waals surface area contributed by atoms with Gasteiger partial charge in [0.25, 0.3) is 0 Å². The van der Waals surface area contributed by atoms with Crippen molar-refractivity contribution in [2.45, 2.75) is 45.1 Å². The van der Waals surface area contributed by atoms with Crippen LogP contribution in [-0.2, 0) is 0 Å². The third kappa shape index (κ3) is 3.49. The minimum atomic E-state index is 0.172.